The first-order chi connectivity index (χ1) is 7.18. The van der Waals surface area contributed by atoms with Gasteiger partial charge in [0.2, 0.25) is 0 Å². The minimum Gasteiger partial charge on any atom is -0.303 e. The minimum atomic E-state index is -0.787. The third-order valence-corrected chi connectivity index (χ3v) is 2.86. The van der Waals surface area contributed by atoms with Crippen LogP contribution in [-0.2, 0) is 0 Å². The van der Waals surface area contributed by atoms with E-state index in [1.165, 1.54) is 12.1 Å². The van der Waals surface area contributed by atoms with Crippen molar-refractivity contribution in [3.63, 3.8) is 0 Å². The third-order valence-electron chi connectivity index (χ3n) is 2.86. The van der Waals surface area contributed by atoms with E-state index in [1.807, 2.05) is 6.92 Å². The normalized spacial score (nSPS) is 19.4. The molecule has 1 aromatic carbocycles. The number of benzene rings is 1. The van der Waals surface area contributed by atoms with Crippen LogP contribution in [0, 0.1) is 11.6 Å². The summed E-state index contributed by atoms with van der Waals surface area (Å²) in [7, 11) is 0. The Morgan fingerprint density at radius 3 is 2.73 bits per heavy atom. The van der Waals surface area contributed by atoms with Gasteiger partial charge in [0.25, 0.3) is 0 Å². The van der Waals surface area contributed by atoms with Crippen molar-refractivity contribution in [1.29, 1.82) is 0 Å². The molecule has 2 nitrogen and oxygen atoms in total. The Morgan fingerprint density at radius 2 is 2.13 bits per heavy atom. The molecule has 1 N–H and O–H groups in total. The van der Waals surface area contributed by atoms with Crippen LogP contribution in [0.5, 0.6) is 0 Å². The second kappa shape index (κ2) is 4.24. The molecule has 4 heteroatoms. The summed E-state index contributed by atoms with van der Waals surface area (Å²) in [5.41, 5.74) is 0.817. The molecule has 0 saturated carbocycles. The van der Waals surface area contributed by atoms with Crippen LogP contribution in [-0.4, -0.2) is 24.7 Å². The van der Waals surface area contributed by atoms with E-state index < -0.39 is 11.6 Å². The number of hydrogen-bond acceptors (Lipinski definition) is 2. The second-order valence-corrected chi connectivity index (χ2v) is 3.82. The molecule has 1 aliphatic rings. The van der Waals surface area contributed by atoms with E-state index in [-0.39, 0.29) is 6.04 Å². The van der Waals surface area contributed by atoms with E-state index in [0.29, 0.717) is 0 Å². The van der Waals surface area contributed by atoms with Gasteiger partial charge >= 0.3 is 0 Å². The van der Waals surface area contributed by atoms with Gasteiger partial charge < -0.3 is 5.32 Å². The first kappa shape index (κ1) is 10.5. The lowest BCUT2D eigenvalue weighted by molar-refractivity contribution is 0.259. The maximum absolute atomic E-state index is 13.0. The van der Waals surface area contributed by atoms with Crippen LogP contribution in [0.1, 0.15) is 18.5 Å². The lowest BCUT2D eigenvalue weighted by Gasteiger charge is -2.23. The maximum Gasteiger partial charge on any atom is 0.159 e. The summed E-state index contributed by atoms with van der Waals surface area (Å²) in [6.07, 6.45) is 0. The highest BCUT2D eigenvalue weighted by Gasteiger charge is 2.19. The lowest BCUT2D eigenvalue weighted by atomic mass is 10.1. The van der Waals surface area contributed by atoms with Gasteiger partial charge in [-0.05, 0) is 24.6 Å². The van der Waals surface area contributed by atoms with E-state index in [0.717, 1.165) is 25.3 Å². The summed E-state index contributed by atoms with van der Waals surface area (Å²) in [5.74, 6) is -1.56. The van der Waals surface area contributed by atoms with Crippen LogP contribution in [0.25, 0.3) is 0 Å². The maximum atomic E-state index is 13.0. The Kier molecular flexibility index (Phi) is 2.98. The Morgan fingerprint density at radius 1 is 1.33 bits per heavy atom. The van der Waals surface area contributed by atoms with Crippen molar-refractivity contribution in [2.75, 3.05) is 19.8 Å². The highest BCUT2D eigenvalue weighted by atomic mass is 19.2. The zero-order valence-corrected chi connectivity index (χ0v) is 8.63. The molecule has 2 rings (SSSR count). The van der Waals surface area contributed by atoms with Gasteiger partial charge in [-0.1, -0.05) is 6.07 Å². The van der Waals surface area contributed by atoms with Gasteiger partial charge in [-0.2, -0.15) is 0 Å². The SMILES string of the molecule is C[C@@H](c1ccc(F)c(F)c1)N1CCNC1. The Labute approximate surface area is 87.9 Å². The van der Waals surface area contributed by atoms with Crippen LogP contribution in [0.2, 0.25) is 0 Å². The third kappa shape index (κ3) is 2.16. The van der Waals surface area contributed by atoms with Crippen molar-refractivity contribution in [2.45, 2.75) is 13.0 Å². The molecule has 82 valence electrons. The molecule has 0 bridgehead atoms. The summed E-state index contributed by atoms with van der Waals surface area (Å²) in [6.45, 7) is 4.70. The molecule has 1 heterocycles. The van der Waals surface area contributed by atoms with E-state index >= 15 is 0 Å². The average Bonchev–Trinajstić information content (AvgIpc) is 2.74. The summed E-state index contributed by atoms with van der Waals surface area (Å²) in [4.78, 5) is 2.19. The minimum absolute atomic E-state index is 0.120. The molecule has 1 aliphatic heterocycles. The molecule has 1 saturated heterocycles. The number of hydrogen-bond donors (Lipinski definition) is 1. The van der Waals surface area contributed by atoms with E-state index in [2.05, 4.69) is 10.2 Å². The van der Waals surface area contributed by atoms with Crippen molar-refractivity contribution in [3.05, 3.63) is 35.4 Å². The molecule has 0 radical (unpaired) electrons. The van der Waals surface area contributed by atoms with Crippen molar-refractivity contribution in [3.8, 4) is 0 Å². The monoisotopic (exact) mass is 212 g/mol. The highest BCUT2D eigenvalue weighted by Crippen LogP contribution is 2.22. The topological polar surface area (TPSA) is 15.3 Å². The summed E-state index contributed by atoms with van der Waals surface area (Å²) >= 11 is 0. The predicted molar refractivity (Wildman–Crippen MR) is 54.3 cm³/mol. The average molecular weight is 212 g/mol. The molecule has 0 aliphatic carbocycles. The highest BCUT2D eigenvalue weighted by molar-refractivity contribution is 5.21. The molecule has 1 fully saturated rings. The molecular formula is C11H14F2N2. The van der Waals surface area contributed by atoms with Crippen LogP contribution in [0.15, 0.2) is 18.2 Å². The van der Waals surface area contributed by atoms with Crippen LogP contribution >= 0.6 is 0 Å². The van der Waals surface area contributed by atoms with Gasteiger partial charge in [0.15, 0.2) is 11.6 Å². The molecule has 0 amide bonds. The van der Waals surface area contributed by atoms with Crippen molar-refractivity contribution in [1.82, 2.24) is 10.2 Å². The number of nitrogens with zero attached hydrogens (tertiary/aromatic N) is 1. The smallest absolute Gasteiger partial charge is 0.159 e. The second-order valence-electron chi connectivity index (χ2n) is 3.82. The van der Waals surface area contributed by atoms with E-state index in [9.17, 15) is 8.78 Å². The zero-order valence-electron chi connectivity index (χ0n) is 8.63. The van der Waals surface area contributed by atoms with Gasteiger partial charge in [-0.25, -0.2) is 8.78 Å². The van der Waals surface area contributed by atoms with Crippen molar-refractivity contribution >= 4 is 0 Å². The summed E-state index contributed by atoms with van der Waals surface area (Å²) < 4.78 is 25.8. The zero-order chi connectivity index (χ0) is 10.8. The summed E-state index contributed by atoms with van der Waals surface area (Å²) in [6, 6.07) is 4.22. The predicted octanol–water partition coefficient (Wildman–Crippen LogP) is 1.89. The quantitative estimate of drug-likeness (QED) is 0.805. The fourth-order valence-electron chi connectivity index (χ4n) is 1.84. The van der Waals surface area contributed by atoms with Crippen LogP contribution in [0.3, 0.4) is 0 Å². The number of rotatable bonds is 2. The number of halogens is 2. The fraction of sp³-hybridized carbons (Fsp3) is 0.455. The molecule has 1 atom stereocenters. The Hall–Kier alpha value is -1.00. The summed E-state index contributed by atoms with van der Waals surface area (Å²) in [5, 5.41) is 3.21. The fourth-order valence-corrected chi connectivity index (χ4v) is 1.84. The Bertz CT molecular complexity index is 348. The van der Waals surface area contributed by atoms with Gasteiger partial charge in [0.1, 0.15) is 0 Å². The van der Waals surface area contributed by atoms with Crippen molar-refractivity contribution < 1.29 is 8.78 Å². The Balaban J connectivity index is 2.17. The van der Waals surface area contributed by atoms with Gasteiger partial charge in [0, 0.05) is 25.8 Å². The van der Waals surface area contributed by atoms with Crippen LogP contribution < -0.4 is 5.32 Å². The van der Waals surface area contributed by atoms with Crippen LogP contribution in [0.4, 0.5) is 8.78 Å². The first-order valence-electron chi connectivity index (χ1n) is 5.08. The molecule has 0 aromatic heterocycles. The van der Waals surface area contributed by atoms with E-state index in [4.69, 9.17) is 0 Å². The molecule has 1 aromatic rings. The van der Waals surface area contributed by atoms with Crippen molar-refractivity contribution in [2.24, 2.45) is 0 Å². The first-order valence-corrected chi connectivity index (χ1v) is 5.08. The largest absolute Gasteiger partial charge is 0.303 e. The molecule has 15 heavy (non-hydrogen) atoms. The van der Waals surface area contributed by atoms with E-state index in [1.54, 1.807) is 6.07 Å². The molecule has 0 unspecified atom stereocenters. The standard InChI is InChI=1S/C11H14F2N2/c1-8(15-5-4-14-7-15)9-2-3-10(12)11(13)6-9/h2-3,6,8,14H,4-5,7H2,1H3/t8-/m0/s1. The lowest BCUT2D eigenvalue weighted by Crippen LogP contribution is -2.25. The molecule has 0 spiro atoms. The number of nitrogens with one attached hydrogen (secondary N) is 1. The van der Waals surface area contributed by atoms with Gasteiger partial charge in [-0.3, -0.25) is 4.90 Å². The van der Waals surface area contributed by atoms with Gasteiger partial charge in [0.05, 0.1) is 0 Å². The molecular weight excluding hydrogens is 198 g/mol. The van der Waals surface area contributed by atoms with Gasteiger partial charge in [-0.15, -0.1) is 0 Å².